The molecular weight excluding hydrogens is 246 g/mol. The fourth-order valence-electron chi connectivity index (χ4n) is 1.49. The van der Waals surface area contributed by atoms with Crippen LogP contribution in [0.2, 0.25) is 0 Å². The highest BCUT2D eigenvalue weighted by Crippen LogP contribution is 2.11. The van der Waals surface area contributed by atoms with Crippen LogP contribution in [0.3, 0.4) is 0 Å². The molecule has 4 heteroatoms. The Morgan fingerprint density at radius 1 is 1.28 bits per heavy atom. The summed E-state index contributed by atoms with van der Waals surface area (Å²) in [5.41, 5.74) is 0. The second-order valence-corrected chi connectivity index (χ2v) is 4.90. The Labute approximate surface area is 110 Å². The molecule has 1 amide bonds. The number of thiophene rings is 1. The maximum atomic E-state index is 11.8. The SMILES string of the molecule is C[C@H](Oc1ccccc1)C(=O)NCc1cccs1. The Hall–Kier alpha value is -1.81. The molecule has 0 spiro atoms. The number of benzene rings is 1. The van der Waals surface area contributed by atoms with Gasteiger partial charge in [0, 0.05) is 4.88 Å². The lowest BCUT2D eigenvalue weighted by atomic mass is 10.3. The molecule has 1 heterocycles. The topological polar surface area (TPSA) is 38.3 Å². The van der Waals surface area contributed by atoms with Gasteiger partial charge in [0.2, 0.25) is 0 Å². The van der Waals surface area contributed by atoms with Crippen LogP contribution in [0.15, 0.2) is 47.8 Å². The zero-order chi connectivity index (χ0) is 12.8. The van der Waals surface area contributed by atoms with Crippen molar-refractivity contribution < 1.29 is 9.53 Å². The van der Waals surface area contributed by atoms with Crippen molar-refractivity contribution in [3.05, 3.63) is 52.7 Å². The van der Waals surface area contributed by atoms with Crippen LogP contribution in [0.25, 0.3) is 0 Å². The second-order valence-electron chi connectivity index (χ2n) is 3.87. The second kappa shape index (κ2) is 6.21. The van der Waals surface area contributed by atoms with E-state index in [4.69, 9.17) is 4.74 Å². The van der Waals surface area contributed by atoms with Crippen LogP contribution in [0, 0.1) is 0 Å². The van der Waals surface area contributed by atoms with E-state index in [1.165, 1.54) is 0 Å². The first kappa shape index (κ1) is 12.6. The van der Waals surface area contributed by atoms with E-state index in [0.717, 1.165) is 4.88 Å². The fraction of sp³-hybridized carbons (Fsp3) is 0.214. The fourth-order valence-corrected chi connectivity index (χ4v) is 2.13. The summed E-state index contributed by atoms with van der Waals surface area (Å²) in [5, 5.41) is 4.84. The number of para-hydroxylation sites is 1. The van der Waals surface area contributed by atoms with E-state index in [9.17, 15) is 4.79 Å². The molecule has 1 aromatic heterocycles. The van der Waals surface area contributed by atoms with Gasteiger partial charge in [-0.05, 0) is 30.5 Å². The third kappa shape index (κ3) is 3.60. The number of rotatable bonds is 5. The van der Waals surface area contributed by atoms with Crippen molar-refractivity contribution in [3.63, 3.8) is 0 Å². The van der Waals surface area contributed by atoms with Crippen LogP contribution in [0.5, 0.6) is 5.75 Å². The van der Waals surface area contributed by atoms with Crippen LogP contribution in [-0.4, -0.2) is 12.0 Å². The molecule has 2 aromatic rings. The smallest absolute Gasteiger partial charge is 0.261 e. The normalized spacial score (nSPS) is 11.8. The minimum atomic E-state index is -0.493. The summed E-state index contributed by atoms with van der Waals surface area (Å²) in [5.74, 6) is 0.600. The average Bonchev–Trinajstić information content (AvgIpc) is 2.90. The molecule has 0 fully saturated rings. The maximum absolute atomic E-state index is 11.8. The van der Waals surface area contributed by atoms with Crippen LogP contribution in [0.1, 0.15) is 11.8 Å². The molecule has 0 radical (unpaired) electrons. The number of ether oxygens (including phenoxy) is 1. The van der Waals surface area contributed by atoms with E-state index in [2.05, 4.69) is 5.32 Å². The minimum absolute atomic E-state index is 0.104. The lowest BCUT2D eigenvalue weighted by molar-refractivity contribution is -0.127. The van der Waals surface area contributed by atoms with Crippen LogP contribution in [0.4, 0.5) is 0 Å². The molecule has 2 rings (SSSR count). The third-order valence-electron chi connectivity index (χ3n) is 2.44. The highest BCUT2D eigenvalue weighted by Gasteiger charge is 2.13. The predicted octanol–water partition coefficient (Wildman–Crippen LogP) is 2.83. The molecule has 0 aliphatic heterocycles. The molecule has 1 aromatic carbocycles. The summed E-state index contributed by atoms with van der Waals surface area (Å²) in [7, 11) is 0. The number of nitrogens with one attached hydrogen (secondary N) is 1. The monoisotopic (exact) mass is 261 g/mol. The predicted molar refractivity (Wildman–Crippen MR) is 72.7 cm³/mol. The number of carbonyl (C=O) groups excluding carboxylic acids is 1. The van der Waals surface area contributed by atoms with Crippen molar-refractivity contribution >= 4 is 17.2 Å². The van der Waals surface area contributed by atoms with Crippen molar-refractivity contribution in [2.45, 2.75) is 19.6 Å². The quantitative estimate of drug-likeness (QED) is 0.898. The molecular formula is C14H15NO2S. The van der Waals surface area contributed by atoms with Gasteiger partial charge in [0.1, 0.15) is 5.75 Å². The minimum Gasteiger partial charge on any atom is -0.481 e. The van der Waals surface area contributed by atoms with Crippen molar-refractivity contribution in [3.8, 4) is 5.75 Å². The largest absolute Gasteiger partial charge is 0.481 e. The first-order chi connectivity index (χ1) is 8.75. The van der Waals surface area contributed by atoms with Crippen LogP contribution >= 0.6 is 11.3 Å². The van der Waals surface area contributed by atoms with Crippen LogP contribution < -0.4 is 10.1 Å². The highest BCUT2D eigenvalue weighted by molar-refractivity contribution is 7.09. The highest BCUT2D eigenvalue weighted by atomic mass is 32.1. The lowest BCUT2D eigenvalue weighted by Crippen LogP contribution is -2.35. The van der Waals surface area contributed by atoms with Gasteiger partial charge < -0.3 is 10.1 Å². The molecule has 94 valence electrons. The summed E-state index contributed by atoms with van der Waals surface area (Å²) in [6, 6.07) is 13.3. The summed E-state index contributed by atoms with van der Waals surface area (Å²) < 4.78 is 5.54. The zero-order valence-corrected chi connectivity index (χ0v) is 10.9. The number of carbonyl (C=O) groups is 1. The number of amides is 1. The molecule has 0 saturated heterocycles. The summed E-state index contributed by atoms with van der Waals surface area (Å²) in [6.07, 6.45) is -0.493. The molecule has 0 saturated carbocycles. The lowest BCUT2D eigenvalue weighted by Gasteiger charge is -2.14. The Bertz CT molecular complexity index is 482. The summed E-state index contributed by atoms with van der Waals surface area (Å²) >= 11 is 1.63. The molecule has 18 heavy (non-hydrogen) atoms. The summed E-state index contributed by atoms with van der Waals surface area (Å²) in [6.45, 7) is 2.30. The van der Waals surface area contributed by atoms with Crippen molar-refractivity contribution in [1.82, 2.24) is 5.32 Å². The van der Waals surface area contributed by atoms with E-state index in [1.807, 2.05) is 47.8 Å². The molecule has 1 atom stereocenters. The third-order valence-corrected chi connectivity index (χ3v) is 3.32. The van der Waals surface area contributed by atoms with Gasteiger partial charge >= 0.3 is 0 Å². The zero-order valence-electron chi connectivity index (χ0n) is 10.1. The van der Waals surface area contributed by atoms with Gasteiger partial charge in [-0.15, -0.1) is 11.3 Å². The van der Waals surface area contributed by atoms with Gasteiger partial charge in [0.15, 0.2) is 6.10 Å². The summed E-state index contributed by atoms with van der Waals surface area (Å²) in [4.78, 5) is 12.9. The molecule has 0 aliphatic carbocycles. The average molecular weight is 261 g/mol. The van der Waals surface area contributed by atoms with E-state index in [0.29, 0.717) is 12.3 Å². The van der Waals surface area contributed by atoms with E-state index in [-0.39, 0.29) is 5.91 Å². The van der Waals surface area contributed by atoms with E-state index >= 15 is 0 Å². The van der Waals surface area contributed by atoms with Crippen molar-refractivity contribution in [2.24, 2.45) is 0 Å². The van der Waals surface area contributed by atoms with Gasteiger partial charge in [-0.3, -0.25) is 4.79 Å². The first-order valence-electron chi connectivity index (χ1n) is 5.77. The molecule has 0 aliphatic rings. The van der Waals surface area contributed by atoms with Gasteiger partial charge in [-0.2, -0.15) is 0 Å². The Kier molecular flexibility index (Phi) is 4.36. The van der Waals surface area contributed by atoms with Gasteiger partial charge in [0.25, 0.3) is 5.91 Å². The van der Waals surface area contributed by atoms with Gasteiger partial charge in [0.05, 0.1) is 6.54 Å². The van der Waals surface area contributed by atoms with Gasteiger partial charge in [-0.25, -0.2) is 0 Å². The Morgan fingerprint density at radius 3 is 2.72 bits per heavy atom. The Morgan fingerprint density at radius 2 is 2.06 bits per heavy atom. The standard InChI is InChI=1S/C14H15NO2S/c1-11(17-12-6-3-2-4-7-12)14(16)15-10-13-8-5-9-18-13/h2-9,11H,10H2,1H3,(H,15,16)/t11-/m0/s1. The first-order valence-corrected chi connectivity index (χ1v) is 6.65. The van der Waals surface area contributed by atoms with E-state index in [1.54, 1.807) is 18.3 Å². The van der Waals surface area contributed by atoms with Gasteiger partial charge in [-0.1, -0.05) is 24.3 Å². The van der Waals surface area contributed by atoms with Crippen molar-refractivity contribution in [1.29, 1.82) is 0 Å². The molecule has 1 N–H and O–H groups in total. The maximum Gasteiger partial charge on any atom is 0.261 e. The van der Waals surface area contributed by atoms with Crippen molar-refractivity contribution in [2.75, 3.05) is 0 Å². The Balaban J connectivity index is 1.82. The molecule has 0 bridgehead atoms. The number of hydrogen-bond acceptors (Lipinski definition) is 3. The molecule has 3 nitrogen and oxygen atoms in total. The van der Waals surface area contributed by atoms with E-state index < -0.39 is 6.10 Å². The molecule has 0 unspecified atom stereocenters. The number of hydrogen-bond donors (Lipinski definition) is 1. The van der Waals surface area contributed by atoms with Crippen LogP contribution in [-0.2, 0) is 11.3 Å².